The lowest BCUT2D eigenvalue weighted by molar-refractivity contribution is 0.0695. The number of carboxylic acids is 1. The number of ether oxygens (including phenoxy) is 2. The molecule has 0 saturated heterocycles. The summed E-state index contributed by atoms with van der Waals surface area (Å²) in [5.74, 6) is -0.893. The number of hydrogen-bond donors (Lipinski definition) is 1. The second-order valence-corrected chi connectivity index (χ2v) is 7.42. The molecule has 0 fully saturated rings. The van der Waals surface area contributed by atoms with Crippen LogP contribution >= 0.6 is 23.2 Å². The Kier molecular flexibility index (Phi) is 6.57. The molecule has 31 heavy (non-hydrogen) atoms. The van der Waals surface area contributed by atoms with Crippen LogP contribution in [-0.4, -0.2) is 34.8 Å². The Labute approximate surface area is 188 Å². The van der Waals surface area contributed by atoms with E-state index >= 15 is 0 Å². The molecule has 162 valence electrons. The normalized spacial score (nSPS) is 10.8. The number of nitrogens with zero attached hydrogens (tertiary/aromatic N) is 2. The monoisotopic (exact) mass is 462 g/mol. The number of aromatic carboxylic acids is 1. The molecule has 2 aromatic heterocycles. The molecule has 1 aromatic carbocycles. The maximum absolute atomic E-state index is 13.5. The molecule has 3 rings (SSSR count). The third kappa shape index (κ3) is 3.98. The molecule has 0 spiro atoms. The molecular weight excluding hydrogens is 443 g/mol. The summed E-state index contributed by atoms with van der Waals surface area (Å²) in [5.41, 5.74) is 0.815. The van der Waals surface area contributed by atoms with Crippen molar-refractivity contribution in [2.24, 2.45) is 0 Å². The van der Waals surface area contributed by atoms with Gasteiger partial charge in [0.2, 0.25) is 17.2 Å². The fraction of sp³-hybridized carbons (Fsp3) is 0.227. The molecular formula is C22H20Cl2N2O5. The number of carboxylic acid groups (broad SMARTS) is 1. The Morgan fingerprint density at radius 1 is 1.13 bits per heavy atom. The van der Waals surface area contributed by atoms with E-state index in [0.29, 0.717) is 34.3 Å². The minimum absolute atomic E-state index is 0.154. The van der Waals surface area contributed by atoms with Gasteiger partial charge in [-0.2, -0.15) is 4.98 Å². The van der Waals surface area contributed by atoms with Gasteiger partial charge in [0.1, 0.15) is 5.56 Å². The maximum atomic E-state index is 13.5. The molecule has 0 aliphatic heterocycles. The Morgan fingerprint density at radius 3 is 2.39 bits per heavy atom. The van der Waals surface area contributed by atoms with Gasteiger partial charge >= 0.3 is 5.97 Å². The molecule has 0 radical (unpaired) electrons. The van der Waals surface area contributed by atoms with Crippen LogP contribution in [0.15, 0.2) is 35.1 Å². The van der Waals surface area contributed by atoms with Crippen LogP contribution in [0.1, 0.15) is 23.0 Å². The van der Waals surface area contributed by atoms with Gasteiger partial charge in [0.15, 0.2) is 0 Å². The van der Waals surface area contributed by atoms with Gasteiger partial charge in [0, 0.05) is 29.4 Å². The molecule has 0 aliphatic carbocycles. The number of methoxy groups -OCH3 is 2. The summed E-state index contributed by atoms with van der Waals surface area (Å²) in [6.07, 6.45) is 0. The molecule has 9 heteroatoms. The number of benzene rings is 1. The highest BCUT2D eigenvalue weighted by Crippen LogP contribution is 2.35. The molecule has 7 nitrogen and oxygen atoms in total. The molecule has 0 unspecified atom stereocenters. The number of pyridine rings is 2. The van der Waals surface area contributed by atoms with Gasteiger partial charge in [-0.3, -0.25) is 4.79 Å². The van der Waals surface area contributed by atoms with Crippen molar-refractivity contribution in [3.63, 3.8) is 0 Å². The van der Waals surface area contributed by atoms with Crippen molar-refractivity contribution >= 4 is 29.2 Å². The van der Waals surface area contributed by atoms with E-state index in [2.05, 4.69) is 4.98 Å². The van der Waals surface area contributed by atoms with Crippen molar-refractivity contribution in [2.75, 3.05) is 14.2 Å². The summed E-state index contributed by atoms with van der Waals surface area (Å²) in [6, 6.07) is 7.95. The van der Waals surface area contributed by atoms with Crippen LogP contribution in [0, 0.1) is 6.92 Å². The van der Waals surface area contributed by atoms with Crippen molar-refractivity contribution in [1.29, 1.82) is 0 Å². The Hall–Kier alpha value is -3.03. The second kappa shape index (κ2) is 8.99. The highest BCUT2D eigenvalue weighted by atomic mass is 35.5. The number of carbonyl (C=O) groups is 1. The predicted octanol–water partition coefficient (Wildman–Crippen LogP) is 4.93. The molecule has 0 aliphatic rings. The Morgan fingerprint density at radius 2 is 1.84 bits per heavy atom. The zero-order valence-corrected chi connectivity index (χ0v) is 18.8. The lowest BCUT2D eigenvalue weighted by atomic mass is 9.96. The molecule has 0 atom stereocenters. The van der Waals surface area contributed by atoms with E-state index in [1.165, 1.54) is 14.2 Å². The van der Waals surface area contributed by atoms with Gasteiger partial charge in [-0.25, -0.2) is 4.79 Å². The molecule has 0 saturated carbocycles. The summed E-state index contributed by atoms with van der Waals surface area (Å²) >= 11 is 12.2. The Bertz CT molecular complexity index is 1240. The van der Waals surface area contributed by atoms with Crippen molar-refractivity contribution < 1.29 is 19.4 Å². The van der Waals surface area contributed by atoms with Crippen molar-refractivity contribution in [1.82, 2.24) is 9.55 Å². The maximum Gasteiger partial charge on any atom is 0.341 e. The van der Waals surface area contributed by atoms with Gasteiger partial charge in [-0.05, 0) is 32.0 Å². The zero-order valence-electron chi connectivity index (χ0n) is 17.3. The van der Waals surface area contributed by atoms with Crippen LogP contribution in [0.5, 0.6) is 11.8 Å². The van der Waals surface area contributed by atoms with E-state index in [-0.39, 0.29) is 27.7 Å². The summed E-state index contributed by atoms with van der Waals surface area (Å²) in [4.78, 5) is 30.0. The van der Waals surface area contributed by atoms with Crippen molar-refractivity contribution in [3.8, 4) is 34.1 Å². The molecule has 1 N–H and O–H groups in total. The first-order valence-corrected chi connectivity index (χ1v) is 10.1. The number of hydrogen-bond acceptors (Lipinski definition) is 5. The summed E-state index contributed by atoms with van der Waals surface area (Å²) in [6.45, 7) is 4.01. The first kappa shape index (κ1) is 22.7. The quantitative estimate of drug-likeness (QED) is 0.558. The SMILES string of the molecule is CCn1c(C)c(-c2ccc(OC)nc2OC)c(=O)c(C(=O)O)c1-c1ccc(Cl)c(Cl)c1. The fourth-order valence-corrected chi connectivity index (χ4v) is 3.87. The van der Waals surface area contributed by atoms with Crippen LogP contribution < -0.4 is 14.9 Å². The molecule has 2 heterocycles. The predicted molar refractivity (Wildman–Crippen MR) is 120 cm³/mol. The summed E-state index contributed by atoms with van der Waals surface area (Å²) < 4.78 is 12.2. The second-order valence-electron chi connectivity index (χ2n) is 6.60. The van der Waals surface area contributed by atoms with Crippen LogP contribution in [-0.2, 0) is 6.54 Å². The first-order chi connectivity index (χ1) is 14.7. The minimum atomic E-state index is -1.35. The van der Waals surface area contributed by atoms with Gasteiger partial charge in [0.25, 0.3) is 0 Å². The van der Waals surface area contributed by atoms with E-state index in [4.69, 9.17) is 32.7 Å². The highest BCUT2D eigenvalue weighted by Gasteiger charge is 2.27. The number of halogens is 2. The summed E-state index contributed by atoms with van der Waals surface area (Å²) in [5, 5.41) is 10.6. The van der Waals surface area contributed by atoms with Crippen molar-refractivity contribution in [3.05, 3.63) is 61.9 Å². The number of aromatic nitrogens is 2. The van der Waals surface area contributed by atoms with E-state index in [1.807, 2.05) is 6.92 Å². The fourth-order valence-electron chi connectivity index (χ4n) is 3.57. The lowest BCUT2D eigenvalue weighted by Gasteiger charge is -2.22. The van der Waals surface area contributed by atoms with Gasteiger partial charge in [-0.15, -0.1) is 0 Å². The lowest BCUT2D eigenvalue weighted by Crippen LogP contribution is -2.25. The zero-order chi connectivity index (χ0) is 22.9. The van der Waals surface area contributed by atoms with E-state index < -0.39 is 11.4 Å². The first-order valence-electron chi connectivity index (χ1n) is 9.30. The highest BCUT2D eigenvalue weighted by molar-refractivity contribution is 6.42. The minimum Gasteiger partial charge on any atom is -0.481 e. The van der Waals surface area contributed by atoms with Crippen LogP contribution in [0.4, 0.5) is 0 Å². The third-order valence-corrected chi connectivity index (χ3v) is 5.70. The van der Waals surface area contributed by atoms with Crippen LogP contribution in [0.3, 0.4) is 0 Å². The average molecular weight is 463 g/mol. The third-order valence-electron chi connectivity index (χ3n) is 4.96. The summed E-state index contributed by atoms with van der Waals surface area (Å²) in [7, 11) is 2.88. The smallest absolute Gasteiger partial charge is 0.341 e. The largest absolute Gasteiger partial charge is 0.481 e. The Balaban J connectivity index is 2.45. The van der Waals surface area contributed by atoms with Gasteiger partial charge < -0.3 is 19.1 Å². The van der Waals surface area contributed by atoms with E-state index in [1.54, 1.807) is 41.8 Å². The van der Waals surface area contributed by atoms with Crippen LogP contribution in [0.2, 0.25) is 10.0 Å². The standard InChI is InChI=1S/C22H20Cl2N2O5/c1-5-26-11(2)17(13-7-9-16(30-3)25-21(13)31-4)20(27)18(22(28)29)19(26)12-6-8-14(23)15(24)10-12/h6-10H,5H2,1-4H3,(H,28,29). The van der Waals surface area contributed by atoms with E-state index in [0.717, 1.165) is 0 Å². The number of rotatable bonds is 6. The molecule has 3 aromatic rings. The van der Waals surface area contributed by atoms with Crippen LogP contribution in [0.25, 0.3) is 22.4 Å². The van der Waals surface area contributed by atoms with Crippen molar-refractivity contribution in [2.45, 2.75) is 20.4 Å². The van der Waals surface area contributed by atoms with Gasteiger partial charge in [-0.1, -0.05) is 29.3 Å². The molecule has 0 bridgehead atoms. The molecule has 0 amide bonds. The average Bonchev–Trinajstić information content (AvgIpc) is 2.75. The van der Waals surface area contributed by atoms with E-state index in [9.17, 15) is 14.7 Å². The van der Waals surface area contributed by atoms with Gasteiger partial charge in [0.05, 0.1) is 35.5 Å². The topological polar surface area (TPSA) is 90.7 Å².